The molecule has 0 unspecified atom stereocenters. The maximum absolute atomic E-state index is 12.0. The standard InChI is InChI=1S/C24H31N3O4/c1-24(2,3)31-23(29)25-17-18-9-6-11-20(15-18)30-21-12-7-10-19(16-21)26-22(28)13-8-14-27(4)5/h6-13,15-16H,14,17H2,1-5H3,(H,25,29)(H,26,28)/b13-8+. The van der Waals surface area contributed by atoms with Gasteiger partial charge in [-0.05, 0) is 64.7 Å². The number of rotatable bonds is 8. The molecule has 2 rings (SSSR count). The number of carbonyl (C=O) groups excluding carboxylic acids is 2. The Morgan fingerprint density at radius 2 is 1.71 bits per heavy atom. The van der Waals surface area contributed by atoms with Gasteiger partial charge in [0.15, 0.2) is 0 Å². The monoisotopic (exact) mass is 425 g/mol. The molecule has 0 aliphatic rings. The van der Waals surface area contributed by atoms with E-state index in [0.717, 1.165) is 5.56 Å². The van der Waals surface area contributed by atoms with Crippen LogP contribution in [0.25, 0.3) is 0 Å². The summed E-state index contributed by atoms with van der Waals surface area (Å²) < 4.78 is 11.2. The minimum atomic E-state index is -0.544. The van der Waals surface area contributed by atoms with E-state index in [-0.39, 0.29) is 5.91 Å². The Labute approximate surface area is 184 Å². The fourth-order valence-corrected chi connectivity index (χ4v) is 2.54. The number of hydrogen-bond donors (Lipinski definition) is 2. The molecule has 0 aliphatic heterocycles. The molecule has 7 heteroatoms. The van der Waals surface area contributed by atoms with Gasteiger partial charge in [0.2, 0.25) is 5.91 Å². The Bertz CT molecular complexity index is 917. The van der Waals surface area contributed by atoms with Gasteiger partial charge in [0, 0.05) is 30.9 Å². The minimum Gasteiger partial charge on any atom is -0.457 e. The maximum atomic E-state index is 12.0. The molecule has 0 radical (unpaired) electrons. The van der Waals surface area contributed by atoms with E-state index in [9.17, 15) is 9.59 Å². The maximum Gasteiger partial charge on any atom is 0.407 e. The van der Waals surface area contributed by atoms with Crippen LogP contribution in [-0.2, 0) is 16.1 Å². The highest BCUT2D eigenvalue weighted by molar-refractivity contribution is 5.99. The molecule has 2 aromatic rings. The smallest absolute Gasteiger partial charge is 0.407 e. The summed E-state index contributed by atoms with van der Waals surface area (Å²) in [5, 5.41) is 5.55. The lowest BCUT2D eigenvalue weighted by Crippen LogP contribution is -2.32. The number of carbonyl (C=O) groups is 2. The molecule has 0 bridgehead atoms. The van der Waals surface area contributed by atoms with Crippen LogP contribution in [0.15, 0.2) is 60.7 Å². The van der Waals surface area contributed by atoms with Crippen molar-refractivity contribution in [2.75, 3.05) is 26.0 Å². The van der Waals surface area contributed by atoms with Crippen LogP contribution in [0.2, 0.25) is 0 Å². The first kappa shape index (κ1) is 24.0. The van der Waals surface area contributed by atoms with Crippen LogP contribution in [0.3, 0.4) is 0 Å². The van der Waals surface area contributed by atoms with Crippen LogP contribution in [-0.4, -0.2) is 43.1 Å². The molecule has 2 N–H and O–H groups in total. The first-order valence-corrected chi connectivity index (χ1v) is 10.1. The van der Waals surface area contributed by atoms with Crippen LogP contribution in [0.1, 0.15) is 26.3 Å². The van der Waals surface area contributed by atoms with Gasteiger partial charge in [-0.25, -0.2) is 4.79 Å². The number of nitrogens with one attached hydrogen (secondary N) is 2. The van der Waals surface area contributed by atoms with Crippen LogP contribution in [0.4, 0.5) is 10.5 Å². The van der Waals surface area contributed by atoms with Crippen molar-refractivity contribution in [3.63, 3.8) is 0 Å². The zero-order chi connectivity index (χ0) is 22.9. The van der Waals surface area contributed by atoms with Crippen molar-refractivity contribution in [1.82, 2.24) is 10.2 Å². The third-order valence-corrected chi connectivity index (χ3v) is 3.81. The van der Waals surface area contributed by atoms with E-state index in [1.54, 1.807) is 18.2 Å². The second-order valence-corrected chi connectivity index (χ2v) is 8.29. The molecule has 0 spiro atoms. The number of likely N-dealkylation sites (N-methyl/N-ethyl adjacent to an activating group) is 1. The fraction of sp³-hybridized carbons (Fsp3) is 0.333. The Morgan fingerprint density at radius 3 is 2.39 bits per heavy atom. The summed E-state index contributed by atoms with van der Waals surface area (Å²) in [7, 11) is 3.87. The second-order valence-electron chi connectivity index (χ2n) is 8.29. The zero-order valence-corrected chi connectivity index (χ0v) is 18.8. The highest BCUT2D eigenvalue weighted by Gasteiger charge is 2.15. The number of ether oxygens (including phenoxy) is 2. The van der Waals surface area contributed by atoms with Gasteiger partial charge in [0.25, 0.3) is 0 Å². The molecule has 166 valence electrons. The van der Waals surface area contributed by atoms with Crippen LogP contribution in [0, 0.1) is 0 Å². The SMILES string of the molecule is CN(C)C/C=C/C(=O)Nc1cccc(Oc2cccc(CNC(=O)OC(C)(C)C)c2)c1. The number of benzene rings is 2. The lowest BCUT2D eigenvalue weighted by atomic mass is 10.2. The Hall–Kier alpha value is -3.32. The van der Waals surface area contributed by atoms with E-state index in [4.69, 9.17) is 9.47 Å². The summed E-state index contributed by atoms with van der Waals surface area (Å²) in [4.78, 5) is 25.8. The number of anilines is 1. The first-order chi connectivity index (χ1) is 14.6. The quantitative estimate of drug-likeness (QED) is 0.606. The molecule has 2 amide bonds. The molecule has 7 nitrogen and oxygen atoms in total. The average Bonchev–Trinajstić information content (AvgIpc) is 2.65. The predicted octanol–water partition coefficient (Wildman–Crippen LogP) is 4.56. The van der Waals surface area contributed by atoms with Crippen molar-refractivity contribution < 1.29 is 19.1 Å². The van der Waals surface area contributed by atoms with Gasteiger partial charge in [-0.3, -0.25) is 4.79 Å². The summed E-state index contributed by atoms with van der Waals surface area (Å²) in [5.41, 5.74) is 0.969. The molecule has 2 aromatic carbocycles. The van der Waals surface area contributed by atoms with Gasteiger partial charge in [0.1, 0.15) is 17.1 Å². The van der Waals surface area contributed by atoms with Crippen LogP contribution < -0.4 is 15.4 Å². The molecule has 0 aromatic heterocycles. The summed E-state index contributed by atoms with van der Waals surface area (Å²) >= 11 is 0. The van der Waals surface area contributed by atoms with Gasteiger partial charge in [-0.2, -0.15) is 0 Å². The van der Waals surface area contributed by atoms with Crippen molar-refractivity contribution in [2.45, 2.75) is 32.9 Å². The molecular formula is C24H31N3O4. The van der Waals surface area contributed by atoms with Gasteiger partial charge in [-0.15, -0.1) is 0 Å². The third kappa shape index (κ3) is 9.82. The second kappa shape index (κ2) is 11.2. The Balaban J connectivity index is 1.95. The number of amides is 2. The van der Waals surface area contributed by atoms with Gasteiger partial charge >= 0.3 is 6.09 Å². The van der Waals surface area contributed by atoms with Crippen molar-refractivity contribution in [3.8, 4) is 11.5 Å². The molecule has 0 saturated carbocycles. The van der Waals surface area contributed by atoms with Gasteiger partial charge < -0.3 is 25.0 Å². The van der Waals surface area contributed by atoms with Crippen molar-refractivity contribution in [2.24, 2.45) is 0 Å². The lowest BCUT2D eigenvalue weighted by molar-refractivity contribution is -0.111. The summed E-state index contributed by atoms with van der Waals surface area (Å²) in [5.74, 6) is 1.01. The van der Waals surface area contributed by atoms with E-state index < -0.39 is 11.7 Å². The van der Waals surface area contributed by atoms with E-state index in [1.807, 2.05) is 76.2 Å². The number of hydrogen-bond acceptors (Lipinski definition) is 5. The van der Waals surface area contributed by atoms with Crippen molar-refractivity contribution >= 4 is 17.7 Å². The van der Waals surface area contributed by atoms with Crippen LogP contribution >= 0.6 is 0 Å². The van der Waals surface area contributed by atoms with E-state index in [0.29, 0.717) is 30.3 Å². The minimum absolute atomic E-state index is 0.200. The molecule has 0 atom stereocenters. The summed E-state index contributed by atoms with van der Waals surface area (Å²) in [6, 6.07) is 14.6. The topological polar surface area (TPSA) is 79.9 Å². The largest absolute Gasteiger partial charge is 0.457 e. The average molecular weight is 426 g/mol. The van der Waals surface area contributed by atoms with Crippen LogP contribution in [0.5, 0.6) is 11.5 Å². The van der Waals surface area contributed by atoms with Crippen molar-refractivity contribution in [1.29, 1.82) is 0 Å². The van der Waals surface area contributed by atoms with Gasteiger partial charge in [-0.1, -0.05) is 24.3 Å². The summed E-state index contributed by atoms with van der Waals surface area (Å²) in [6.45, 7) is 6.46. The predicted molar refractivity (Wildman–Crippen MR) is 122 cm³/mol. The zero-order valence-electron chi connectivity index (χ0n) is 18.8. The normalized spacial score (nSPS) is 11.4. The molecule has 0 aliphatic carbocycles. The highest BCUT2D eigenvalue weighted by atomic mass is 16.6. The highest BCUT2D eigenvalue weighted by Crippen LogP contribution is 2.25. The molecule has 31 heavy (non-hydrogen) atoms. The Kier molecular flexibility index (Phi) is 8.63. The molecule has 0 saturated heterocycles. The number of alkyl carbamates (subject to hydrolysis) is 1. The fourth-order valence-electron chi connectivity index (χ4n) is 2.54. The number of nitrogens with zero attached hydrogens (tertiary/aromatic N) is 1. The van der Waals surface area contributed by atoms with Crippen molar-refractivity contribution in [3.05, 3.63) is 66.2 Å². The van der Waals surface area contributed by atoms with E-state index in [2.05, 4.69) is 10.6 Å². The van der Waals surface area contributed by atoms with E-state index in [1.165, 1.54) is 6.08 Å². The molecule has 0 fully saturated rings. The lowest BCUT2D eigenvalue weighted by Gasteiger charge is -2.19. The Morgan fingerprint density at radius 1 is 1.03 bits per heavy atom. The summed E-state index contributed by atoms with van der Waals surface area (Å²) in [6.07, 6.45) is 2.84. The van der Waals surface area contributed by atoms with E-state index >= 15 is 0 Å². The molecular weight excluding hydrogens is 394 g/mol. The molecule has 0 heterocycles. The third-order valence-electron chi connectivity index (χ3n) is 3.81. The van der Waals surface area contributed by atoms with Gasteiger partial charge in [0.05, 0.1) is 0 Å². The first-order valence-electron chi connectivity index (χ1n) is 10.1.